The van der Waals surface area contributed by atoms with Crippen LogP contribution in [0.2, 0.25) is 0 Å². The molecular formula is C31H43N2NiO-. The molecule has 194 valence electrons. The summed E-state index contributed by atoms with van der Waals surface area (Å²) in [6, 6.07) is 13.5. The Labute approximate surface area is 224 Å². The van der Waals surface area contributed by atoms with E-state index in [9.17, 15) is 5.11 Å². The molecule has 0 aliphatic carbocycles. The van der Waals surface area contributed by atoms with Gasteiger partial charge in [-0.2, -0.15) is 6.26 Å². The van der Waals surface area contributed by atoms with Crippen molar-refractivity contribution in [3.63, 3.8) is 0 Å². The quantitative estimate of drug-likeness (QED) is 0.274. The molecule has 1 heterocycles. The SMILES string of the molecule is CC(C)c1cccc(C(C)C)c1N1[CH]N(c2c(C(C)C)cccc2C(C)C)C=C1.[CH2]C/C=C\[O-].[Ni]. The zero-order chi connectivity index (χ0) is 25.4. The molecule has 2 radical (unpaired) electrons. The molecule has 2 aromatic rings. The van der Waals surface area contributed by atoms with Crippen molar-refractivity contribution in [2.45, 2.75) is 85.5 Å². The van der Waals surface area contributed by atoms with Gasteiger partial charge in [-0.05, 0) is 59.3 Å². The molecule has 0 atom stereocenters. The molecule has 0 amide bonds. The van der Waals surface area contributed by atoms with Crippen molar-refractivity contribution in [3.05, 3.63) is 97.0 Å². The van der Waals surface area contributed by atoms with Gasteiger partial charge in [0, 0.05) is 40.3 Å². The van der Waals surface area contributed by atoms with Crippen LogP contribution in [0.25, 0.3) is 0 Å². The summed E-state index contributed by atoms with van der Waals surface area (Å²) in [5, 5.41) is 9.31. The van der Waals surface area contributed by atoms with Gasteiger partial charge in [0.2, 0.25) is 0 Å². The minimum absolute atomic E-state index is 0. The van der Waals surface area contributed by atoms with Gasteiger partial charge >= 0.3 is 0 Å². The number of hydrogen-bond acceptors (Lipinski definition) is 3. The fourth-order valence-corrected chi connectivity index (χ4v) is 4.31. The molecule has 35 heavy (non-hydrogen) atoms. The van der Waals surface area contributed by atoms with E-state index in [1.807, 2.05) is 0 Å². The van der Waals surface area contributed by atoms with Crippen LogP contribution in [0.3, 0.4) is 0 Å². The van der Waals surface area contributed by atoms with Crippen molar-refractivity contribution in [2.24, 2.45) is 0 Å². The smallest absolute Gasteiger partial charge is 0.150 e. The molecule has 0 unspecified atom stereocenters. The van der Waals surface area contributed by atoms with Crippen LogP contribution in [0.1, 0.15) is 108 Å². The fourth-order valence-electron chi connectivity index (χ4n) is 4.31. The molecule has 1 aliphatic heterocycles. The first-order chi connectivity index (χ1) is 16.1. The van der Waals surface area contributed by atoms with E-state index in [-0.39, 0.29) is 16.5 Å². The first-order valence-corrected chi connectivity index (χ1v) is 12.6. The summed E-state index contributed by atoms with van der Waals surface area (Å²) >= 11 is 0. The second kappa shape index (κ2) is 14.4. The summed E-state index contributed by atoms with van der Waals surface area (Å²) in [7, 11) is 0. The number of rotatable bonds is 7. The van der Waals surface area contributed by atoms with Gasteiger partial charge < -0.3 is 14.9 Å². The van der Waals surface area contributed by atoms with Crippen LogP contribution in [0.15, 0.2) is 61.1 Å². The van der Waals surface area contributed by atoms with Crippen molar-refractivity contribution in [3.8, 4) is 0 Å². The standard InChI is InChI=1S/C27H37N2.C4H7O.Ni/c1-18(2)22-11-9-12-23(19(3)4)26(22)28-15-16-29(17-28)27-24(20(5)6)13-10-14-25(27)21(7)8;1-2-3-4-5;/h9-21H,1-8H3;3-5H,1-2H2;/p-1/b;4-3-;. The number of anilines is 2. The predicted octanol–water partition coefficient (Wildman–Crippen LogP) is 8.18. The van der Waals surface area contributed by atoms with E-state index >= 15 is 0 Å². The average Bonchev–Trinajstić information content (AvgIpc) is 3.28. The number of para-hydroxylation sites is 2. The number of hydrogen-bond donors (Lipinski definition) is 0. The maximum Gasteiger partial charge on any atom is 0.150 e. The molecule has 0 aromatic heterocycles. The molecule has 0 saturated heterocycles. The summed E-state index contributed by atoms with van der Waals surface area (Å²) in [5.41, 5.74) is 8.29. The third-order valence-corrected chi connectivity index (χ3v) is 6.10. The molecule has 0 bridgehead atoms. The Morgan fingerprint density at radius 3 is 1.20 bits per heavy atom. The fraction of sp³-hybridized carbons (Fsp3) is 0.419. The zero-order valence-electron chi connectivity index (χ0n) is 22.7. The van der Waals surface area contributed by atoms with Crippen molar-refractivity contribution in [1.82, 2.24) is 0 Å². The van der Waals surface area contributed by atoms with Crippen LogP contribution >= 0.6 is 0 Å². The molecule has 0 N–H and O–H groups in total. The van der Waals surface area contributed by atoms with Crippen LogP contribution in [-0.2, 0) is 16.5 Å². The average molecular weight is 518 g/mol. The molecule has 3 nitrogen and oxygen atoms in total. The maximum atomic E-state index is 9.31. The van der Waals surface area contributed by atoms with Gasteiger partial charge in [-0.3, -0.25) is 0 Å². The van der Waals surface area contributed by atoms with Gasteiger partial charge in [-0.15, -0.1) is 0 Å². The number of nitrogens with zero attached hydrogens (tertiary/aromatic N) is 2. The van der Waals surface area contributed by atoms with E-state index < -0.39 is 0 Å². The largest absolute Gasteiger partial charge is 0.878 e. The molecule has 0 saturated carbocycles. The summed E-state index contributed by atoms with van der Waals surface area (Å²) in [5.74, 6) is 1.92. The minimum atomic E-state index is 0. The first kappa shape index (κ1) is 30.8. The van der Waals surface area contributed by atoms with Gasteiger partial charge in [0.25, 0.3) is 0 Å². The van der Waals surface area contributed by atoms with E-state index in [1.165, 1.54) is 39.7 Å². The van der Waals surface area contributed by atoms with Gasteiger partial charge in [0.1, 0.15) is 0 Å². The van der Waals surface area contributed by atoms with E-state index in [0.29, 0.717) is 30.1 Å². The van der Waals surface area contributed by atoms with Gasteiger partial charge in [-0.1, -0.05) is 97.9 Å². The van der Waals surface area contributed by atoms with Crippen molar-refractivity contribution in [1.29, 1.82) is 0 Å². The van der Waals surface area contributed by atoms with E-state index in [0.717, 1.165) is 6.26 Å². The Bertz CT molecular complexity index is 852. The topological polar surface area (TPSA) is 29.5 Å². The monoisotopic (exact) mass is 517 g/mol. The Hall–Kier alpha value is -2.19. The Kier molecular flexibility index (Phi) is 12.7. The van der Waals surface area contributed by atoms with E-state index in [2.05, 4.69) is 128 Å². The van der Waals surface area contributed by atoms with E-state index in [4.69, 9.17) is 0 Å². The number of benzene rings is 2. The second-order valence-corrected chi connectivity index (χ2v) is 10.1. The van der Waals surface area contributed by atoms with Gasteiger partial charge in [-0.25, -0.2) is 0 Å². The Morgan fingerprint density at radius 1 is 0.686 bits per heavy atom. The van der Waals surface area contributed by atoms with Crippen molar-refractivity contribution >= 4 is 11.4 Å². The molecule has 1 aliphatic rings. The van der Waals surface area contributed by atoms with Gasteiger partial charge in [0.15, 0.2) is 6.67 Å². The molecule has 0 spiro atoms. The minimum Gasteiger partial charge on any atom is -0.878 e. The first-order valence-electron chi connectivity index (χ1n) is 12.6. The molecule has 3 rings (SSSR count). The summed E-state index contributed by atoms with van der Waals surface area (Å²) in [6.07, 6.45) is 7.24. The van der Waals surface area contributed by atoms with Crippen LogP contribution < -0.4 is 14.9 Å². The normalized spacial score (nSPS) is 13.3. The zero-order valence-corrected chi connectivity index (χ0v) is 23.7. The van der Waals surface area contributed by atoms with Crippen LogP contribution in [0.5, 0.6) is 0 Å². The van der Waals surface area contributed by atoms with Crippen LogP contribution in [0, 0.1) is 13.6 Å². The Balaban J connectivity index is 0.000000927. The van der Waals surface area contributed by atoms with Crippen LogP contribution in [-0.4, -0.2) is 0 Å². The Morgan fingerprint density at radius 2 is 1.00 bits per heavy atom. The molecule has 2 aromatic carbocycles. The van der Waals surface area contributed by atoms with Crippen molar-refractivity contribution in [2.75, 3.05) is 9.80 Å². The third kappa shape index (κ3) is 7.65. The van der Waals surface area contributed by atoms with Crippen LogP contribution in [0.4, 0.5) is 11.4 Å². The van der Waals surface area contributed by atoms with E-state index in [1.54, 1.807) is 0 Å². The summed E-state index contributed by atoms with van der Waals surface area (Å²) in [4.78, 5) is 4.65. The second-order valence-electron chi connectivity index (χ2n) is 10.1. The summed E-state index contributed by atoms with van der Waals surface area (Å²) in [6.45, 7) is 23.9. The van der Waals surface area contributed by atoms with Crippen molar-refractivity contribution < 1.29 is 21.6 Å². The molecule has 4 heteroatoms. The maximum absolute atomic E-state index is 9.31. The third-order valence-electron chi connectivity index (χ3n) is 6.10. The number of allylic oxidation sites excluding steroid dienone is 1. The molecule has 0 fully saturated rings. The molecular weight excluding hydrogens is 475 g/mol. The predicted molar refractivity (Wildman–Crippen MR) is 147 cm³/mol. The van der Waals surface area contributed by atoms with Gasteiger partial charge in [0.05, 0.1) is 0 Å². The summed E-state index contributed by atoms with van der Waals surface area (Å²) < 4.78 is 0.